The van der Waals surface area contributed by atoms with Gasteiger partial charge in [-0.3, -0.25) is 9.98 Å². The van der Waals surface area contributed by atoms with Gasteiger partial charge in [-0.2, -0.15) is 20.5 Å². The molecule has 14 heteroatoms. The first-order valence-electron chi connectivity index (χ1n) is 29.6. The van der Waals surface area contributed by atoms with Crippen LogP contribution in [0.1, 0.15) is 94.6 Å². The lowest BCUT2D eigenvalue weighted by atomic mass is 10.1. The maximum atomic E-state index is 6.00. The Morgan fingerprint density at radius 1 is 0.224 bits per heavy atom. The normalized spacial score (nSPS) is 11.4. The molecule has 8 rings (SSSR count). The molecule has 0 fully saturated rings. The molecule has 0 bridgehead atoms. The van der Waals surface area contributed by atoms with Crippen LogP contribution in [0.15, 0.2) is 225 Å². The van der Waals surface area contributed by atoms with E-state index >= 15 is 0 Å². The van der Waals surface area contributed by atoms with Crippen molar-refractivity contribution in [1.82, 2.24) is 0 Å². The number of ether oxygens (including phenoxy) is 8. The smallest absolute Gasteiger partial charge is 0.119 e. The number of rotatable bonds is 38. The highest BCUT2D eigenvalue weighted by molar-refractivity contribution is 5.82. The van der Waals surface area contributed by atoms with E-state index in [9.17, 15) is 0 Å². The van der Waals surface area contributed by atoms with Crippen LogP contribution in [0, 0.1) is 0 Å². The zero-order chi connectivity index (χ0) is 58.6. The quantitative estimate of drug-likeness (QED) is 0.0211. The third kappa shape index (κ3) is 23.8. The molecular weight excluding hydrogens is 1060 g/mol. The molecule has 85 heavy (non-hydrogen) atoms. The minimum atomic E-state index is 0.648. The molecule has 0 heterocycles. The molecule has 0 atom stereocenters. The Morgan fingerprint density at radius 3 is 0.647 bits per heavy atom. The lowest BCUT2D eigenvalue weighted by molar-refractivity contribution is 0.279. The molecule has 0 aliphatic rings. The van der Waals surface area contributed by atoms with Gasteiger partial charge in [0.1, 0.15) is 46.0 Å². The molecule has 0 aliphatic heterocycles. The molecule has 0 saturated heterocycles. The summed E-state index contributed by atoms with van der Waals surface area (Å²) in [6.45, 7) is 4.07. The van der Waals surface area contributed by atoms with Crippen molar-refractivity contribution < 1.29 is 37.9 Å². The van der Waals surface area contributed by atoms with Gasteiger partial charge in [-0.15, -0.1) is 0 Å². The third-order valence-electron chi connectivity index (χ3n) is 13.5. The maximum absolute atomic E-state index is 6.00. The number of hydrogen-bond acceptors (Lipinski definition) is 14. The summed E-state index contributed by atoms with van der Waals surface area (Å²) in [7, 11) is 3.28. The van der Waals surface area contributed by atoms with Crippen molar-refractivity contribution in [2.24, 2.45) is 30.4 Å². The van der Waals surface area contributed by atoms with E-state index in [1.165, 1.54) is 0 Å². The standard InChI is InChI=1S/C71H78N6O8/c1-78-64-36-24-60(25-37-64)74-76-62-28-44-70(45-29-62)82-50-12-7-3-5-10-48-80-66-32-16-56(17-33-66)54-72-58-20-40-68(41-21-58)84-52-14-9-15-53-85-69-42-22-59(23-43-69)73-55-57-18-34-67(35-19-57)81-49-11-6-4-8-13-51-83-71-46-30-63(31-47-71)77-75-61-26-38-65(79-2)39-27-61/h16-47,54-55H,3-15,48-53H2,1-2H3. The number of azo groups is 2. The Kier molecular flexibility index (Phi) is 26.4. The largest absolute Gasteiger partial charge is 0.497 e. The zero-order valence-electron chi connectivity index (χ0n) is 49.0. The summed E-state index contributed by atoms with van der Waals surface area (Å²) >= 11 is 0. The van der Waals surface area contributed by atoms with E-state index in [0.717, 1.165) is 175 Å². The second-order valence-electron chi connectivity index (χ2n) is 20.1. The average molecular weight is 1140 g/mol. The van der Waals surface area contributed by atoms with Crippen molar-refractivity contribution >= 4 is 46.6 Å². The average Bonchev–Trinajstić information content (AvgIpc) is 3.62. The van der Waals surface area contributed by atoms with Crippen LogP contribution in [-0.2, 0) is 0 Å². The highest BCUT2D eigenvalue weighted by Gasteiger charge is 2.04. The Balaban J connectivity index is 0.584. The first kappa shape index (κ1) is 61.8. The van der Waals surface area contributed by atoms with Crippen LogP contribution in [-0.4, -0.2) is 66.3 Å². The highest BCUT2D eigenvalue weighted by Crippen LogP contribution is 2.27. The van der Waals surface area contributed by atoms with Crippen molar-refractivity contribution in [1.29, 1.82) is 0 Å². The summed E-state index contributed by atoms with van der Waals surface area (Å²) in [6.07, 6.45) is 17.4. The van der Waals surface area contributed by atoms with Crippen LogP contribution in [0.25, 0.3) is 0 Å². The number of nitrogens with zero attached hydrogens (tertiary/aromatic N) is 6. The summed E-state index contributed by atoms with van der Waals surface area (Å²) in [6, 6.07) is 62.2. The van der Waals surface area contributed by atoms with Crippen LogP contribution in [0.5, 0.6) is 46.0 Å². The van der Waals surface area contributed by atoms with Crippen LogP contribution in [0.2, 0.25) is 0 Å². The topological polar surface area (TPSA) is 148 Å². The van der Waals surface area contributed by atoms with Gasteiger partial charge in [-0.25, -0.2) is 0 Å². The van der Waals surface area contributed by atoms with Gasteiger partial charge in [0, 0.05) is 12.4 Å². The van der Waals surface area contributed by atoms with Crippen molar-refractivity contribution in [3.63, 3.8) is 0 Å². The summed E-state index contributed by atoms with van der Waals surface area (Å²) < 4.78 is 46.2. The number of aliphatic imine (C=N–C) groups is 2. The van der Waals surface area contributed by atoms with Gasteiger partial charge in [0.15, 0.2) is 0 Å². The molecule has 0 amide bonds. The molecule has 0 spiro atoms. The molecular formula is C71H78N6O8. The van der Waals surface area contributed by atoms with E-state index in [4.69, 9.17) is 37.9 Å². The Morgan fingerprint density at radius 2 is 0.412 bits per heavy atom. The van der Waals surface area contributed by atoms with Gasteiger partial charge >= 0.3 is 0 Å². The second kappa shape index (κ2) is 36.3. The SMILES string of the molecule is COc1ccc(N=Nc2ccc(OCCCCCCCOc3ccc(C=Nc4ccc(OCCCCCOc5ccc(N=Cc6ccc(OCCCCCCCOc7ccc(N=Nc8ccc(OC)cc8)cc7)cc6)cc5)cc4)cc3)cc2)cc1. The molecule has 0 aromatic heterocycles. The van der Waals surface area contributed by atoms with Gasteiger partial charge in [0.2, 0.25) is 0 Å². The molecule has 8 aromatic carbocycles. The van der Waals surface area contributed by atoms with Gasteiger partial charge in [-0.05, 0) is 250 Å². The molecule has 0 N–H and O–H groups in total. The Bertz CT molecular complexity index is 3010. The molecule has 0 saturated carbocycles. The number of benzene rings is 8. The summed E-state index contributed by atoms with van der Waals surface area (Å²) in [5.41, 5.74) is 6.85. The van der Waals surface area contributed by atoms with Gasteiger partial charge in [0.25, 0.3) is 0 Å². The number of hydrogen-bond donors (Lipinski definition) is 0. The fraction of sp³-hybridized carbons (Fsp3) is 0.296. The van der Waals surface area contributed by atoms with E-state index < -0.39 is 0 Å². The molecule has 0 unspecified atom stereocenters. The Labute approximate surface area is 501 Å². The van der Waals surface area contributed by atoms with Gasteiger partial charge in [0.05, 0.1) is 88.0 Å². The number of unbranched alkanes of at least 4 members (excludes halogenated alkanes) is 10. The summed E-state index contributed by atoms with van der Waals surface area (Å²) in [4.78, 5) is 9.30. The van der Waals surface area contributed by atoms with Crippen LogP contribution >= 0.6 is 0 Å². The highest BCUT2D eigenvalue weighted by atomic mass is 16.5. The van der Waals surface area contributed by atoms with Gasteiger partial charge in [-0.1, -0.05) is 38.5 Å². The Hall–Kier alpha value is -9.30. The fourth-order valence-corrected chi connectivity index (χ4v) is 8.59. The van der Waals surface area contributed by atoms with E-state index in [0.29, 0.717) is 39.6 Å². The fourth-order valence-electron chi connectivity index (χ4n) is 8.59. The molecule has 440 valence electrons. The molecule has 0 radical (unpaired) electrons. The third-order valence-corrected chi connectivity index (χ3v) is 13.5. The van der Waals surface area contributed by atoms with Crippen LogP contribution in [0.3, 0.4) is 0 Å². The van der Waals surface area contributed by atoms with Gasteiger partial charge < -0.3 is 37.9 Å². The predicted octanol–water partition coefficient (Wildman–Crippen LogP) is 19.5. The molecule has 14 nitrogen and oxygen atoms in total. The molecule has 0 aliphatic carbocycles. The minimum absolute atomic E-state index is 0.648. The van der Waals surface area contributed by atoms with E-state index in [2.05, 4.69) is 30.4 Å². The zero-order valence-corrected chi connectivity index (χ0v) is 49.0. The van der Waals surface area contributed by atoms with Crippen LogP contribution in [0.4, 0.5) is 34.1 Å². The first-order chi connectivity index (χ1) is 42.0. The molecule has 8 aromatic rings. The number of methoxy groups -OCH3 is 2. The van der Waals surface area contributed by atoms with Crippen molar-refractivity contribution in [2.75, 3.05) is 53.9 Å². The van der Waals surface area contributed by atoms with Crippen molar-refractivity contribution in [2.45, 2.75) is 83.5 Å². The lowest BCUT2D eigenvalue weighted by Crippen LogP contribution is -2.00. The first-order valence-corrected chi connectivity index (χ1v) is 29.6. The van der Waals surface area contributed by atoms with E-state index in [1.807, 2.05) is 207 Å². The monoisotopic (exact) mass is 1140 g/mol. The second-order valence-corrected chi connectivity index (χ2v) is 20.1. The van der Waals surface area contributed by atoms with E-state index in [-0.39, 0.29) is 0 Å². The maximum Gasteiger partial charge on any atom is 0.119 e. The lowest BCUT2D eigenvalue weighted by Gasteiger charge is -2.08. The summed E-state index contributed by atoms with van der Waals surface area (Å²) in [5, 5.41) is 17.2. The van der Waals surface area contributed by atoms with Crippen molar-refractivity contribution in [3.8, 4) is 46.0 Å². The summed E-state index contributed by atoms with van der Waals surface area (Å²) in [5.74, 6) is 6.67. The van der Waals surface area contributed by atoms with Crippen molar-refractivity contribution in [3.05, 3.63) is 205 Å². The minimum Gasteiger partial charge on any atom is -0.497 e. The van der Waals surface area contributed by atoms with E-state index in [1.54, 1.807) is 14.2 Å². The predicted molar refractivity (Wildman–Crippen MR) is 340 cm³/mol. The van der Waals surface area contributed by atoms with Crippen LogP contribution < -0.4 is 37.9 Å².